The van der Waals surface area contributed by atoms with Crippen molar-refractivity contribution in [3.8, 4) is 0 Å². The van der Waals surface area contributed by atoms with Crippen LogP contribution in [0.2, 0.25) is 0 Å². The Morgan fingerprint density at radius 2 is 1.08 bits per heavy atom. The monoisotopic (exact) mass is 256 g/mol. The largest absolute Gasteiger partial charge is 0.328 e. The third-order valence-corrected chi connectivity index (χ3v) is 7.93. The molecular weight excluding hydrogens is 240 g/mol. The number of hydrogen-bond donors (Lipinski definition) is 0. The van der Waals surface area contributed by atoms with Gasteiger partial charge in [-0.1, -0.05) is 0 Å². The van der Waals surface area contributed by atoms with Crippen LogP contribution in [0.5, 0.6) is 0 Å². The maximum absolute atomic E-state index is 6.19. The van der Waals surface area contributed by atoms with Gasteiger partial charge in [-0.05, 0) is 25.0 Å². The van der Waals surface area contributed by atoms with Gasteiger partial charge in [-0.15, -0.1) is 47.0 Å². The second-order valence-corrected chi connectivity index (χ2v) is 7.57. The highest BCUT2D eigenvalue weighted by atomic mass is 32.2. The second-order valence-electron chi connectivity index (χ2n) is 2.78. The predicted molar refractivity (Wildman–Crippen MR) is 69.8 cm³/mol. The molecule has 0 aliphatic carbocycles. The number of rotatable bonds is 4. The molecule has 1 heterocycles. The van der Waals surface area contributed by atoms with Crippen LogP contribution in [0.1, 0.15) is 12.8 Å². The lowest BCUT2D eigenvalue weighted by atomic mass is 10.4. The van der Waals surface area contributed by atoms with E-state index in [1.165, 1.54) is 0 Å². The molecule has 78 valence electrons. The first-order chi connectivity index (χ1) is 6.16. The summed E-state index contributed by atoms with van der Waals surface area (Å²) in [4.78, 5) is 0. The summed E-state index contributed by atoms with van der Waals surface area (Å²) in [5.41, 5.74) is 0. The summed E-state index contributed by atoms with van der Waals surface area (Å²) in [6.07, 6.45) is 10.8. The quantitative estimate of drug-likeness (QED) is 0.709. The highest BCUT2D eigenvalue weighted by molar-refractivity contribution is 8.18. The van der Waals surface area contributed by atoms with Crippen LogP contribution in [0.25, 0.3) is 0 Å². The minimum atomic E-state index is 0.00597. The molecule has 0 aromatic rings. The van der Waals surface area contributed by atoms with Crippen molar-refractivity contribution in [1.29, 1.82) is 0 Å². The van der Waals surface area contributed by atoms with Gasteiger partial charge in [-0.25, -0.2) is 0 Å². The molecule has 0 spiro atoms. The summed E-state index contributed by atoms with van der Waals surface area (Å²) >= 11 is 7.31. The molecule has 0 amide bonds. The molecule has 5 heteroatoms. The average molecular weight is 256 g/mol. The van der Waals surface area contributed by atoms with E-state index in [0.29, 0.717) is 0 Å². The van der Waals surface area contributed by atoms with Crippen LogP contribution < -0.4 is 0 Å². The van der Waals surface area contributed by atoms with E-state index in [9.17, 15) is 0 Å². The first-order valence-corrected chi connectivity index (χ1v) is 8.96. The molecule has 1 nitrogen and oxygen atoms in total. The van der Waals surface area contributed by atoms with Crippen LogP contribution in [-0.2, 0) is 4.74 Å². The van der Waals surface area contributed by atoms with Crippen molar-refractivity contribution in [1.82, 2.24) is 0 Å². The lowest BCUT2D eigenvalue weighted by Gasteiger charge is -2.30. The van der Waals surface area contributed by atoms with Crippen molar-refractivity contribution >= 4 is 47.0 Å². The van der Waals surface area contributed by atoms with Crippen LogP contribution >= 0.6 is 47.0 Å². The van der Waals surface area contributed by atoms with Gasteiger partial charge in [0, 0.05) is 12.8 Å². The van der Waals surface area contributed by atoms with Gasteiger partial charge in [0.1, 0.15) is 0 Å². The third kappa shape index (κ3) is 2.48. The Morgan fingerprint density at radius 1 is 0.769 bits per heavy atom. The Hall–Kier alpha value is 1.36. The summed E-state index contributed by atoms with van der Waals surface area (Å²) < 4.78 is 6.20. The van der Waals surface area contributed by atoms with E-state index >= 15 is 0 Å². The number of thioether (sulfide) groups is 4. The molecule has 0 unspecified atom stereocenters. The zero-order valence-electron chi connectivity index (χ0n) is 8.46. The van der Waals surface area contributed by atoms with Gasteiger partial charge < -0.3 is 4.74 Å². The molecule has 1 aliphatic rings. The minimum absolute atomic E-state index is 0.00597. The molecule has 0 aromatic carbocycles. The highest BCUT2D eigenvalue weighted by Gasteiger charge is 2.48. The Bertz CT molecular complexity index is 148. The molecule has 13 heavy (non-hydrogen) atoms. The number of hydrogen-bond acceptors (Lipinski definition) is 5. The fourth-order valence-electron chi connectivity index (χ4n) is 1.39. The van der Waals surface area contributed by atoms with Crippen LogP contribution in [0.4, 0.5) is 0 Å². The van der Waals surface area contributed by atoms with Crippen molar-refractivity contribution in [3.05, 3.63) is 0 Å². The zero-order chi connectivity index (χ0) is 9.95. The summed E-state index contributed by atoms with van der Waals surface area (Å²) in [7, 11) is 0. The molecule has 0 radical (unpaired) electrons. The van der Waals surface area contributed by atoms with Crippen molar-refractivity contribution in [2.45, 2.75) is 21.4 Å². The maximum Gasteiger partial charge on any atom is 0.163 e. The number of ether oxygens (including phenoxy) is 1. The van der Waals surface area contributed by atoms with Crippen molar-refractivity contribution in [2.75, 3.05) is 25.0 Å². The fraction of sp³-hybridized carbons (Fsp3) is 1.00. The fourth-order valence-corrected chi connectivity index (χ4v) is 5.06. The van der Waals surface area contributed by atoms with Crippen LogP contribution in [0.3, 0.4) is 0 Å². The summed E-state index contributed by atoms with van der Waals surface area (Å²) in [5, 5.41) is 0. The maximum atomic E-state index is 6.19. The Kier molecular flexibility index (Phi) is 4.71. The van der Waals surface area contributed by atoms with Crippen LogP contribution in [0, 0.1) is 0 Å². The van der Waals surface area contributed by atoms with Crippen molar-refractivity contribution < 1.29 is 4.74 Å². The summed E-state index contributed by atoms with van der Waals surface area (Å²) in [6.45, 7) is 0. The first-order valence-electron chi connectivity index (χ1n) is 4.06. The average Bonchev–Trinajstić information content (AvgIpc) is 2.59. The lowest BCUT2D eigenvalue weighted by molar-refractivity contribution is 0.109. The highest BCUT2D eigenvalue weighted by Crippen LogP contribution is 2.56. The molecule has 0 aromatic heterocycles. The SMILES string of the molecule is CSC1(SC)CCC(SC)(SC)O1. The Balaban J connectivity index is 2.69. The van der Waals surface area contributed by atoms with E-state index < -0.39 is 0 Å². The van der Waals surface area contributed by atoms with Gasteiger partial charge in [-0.2, -0.15) is 0 Å². The standard InChI is InChI=1S/C8H16OS4/c1-10-7(11-2)5-6-8(9-7,12-3)13-4/h5-6H2,1-4H3. The summed E-state index contributed by atoms with van der Waals surface area (Å²) in [6, 6.07) is 0. The van der Waals surface area contributed by atoms with Crippen molar-refractivity contribution in [2.24, 2.45) is 0 Å². The smallest absolute Gasteiger partial charge is 0.163 e. The molecular formula is C8H16OS4. The van der Waals surface area contributed by atoms with E-state index in [4.69, 9.17) is 4.74 Å². The first kappa shape index (κ1) is 12.4. The summed E-state index contributed by atoms with van der Waals surface area (Å²) in [5.74, 6) is 0. The molecule has 0 bridgehead atoms. The zero-order valence-corrected chi connectivity index (χ0v) is 11.7. The molecule has 1 saturated heterocycles. The van der Waals surface area contributed by atoms with Crippen molar-refractivity contribution in [3.63, 3.8) is 0 Å². The van der Waals surface area contributed by atoms with Crippen LogP contribution in [0.15, 0.2) is 0 Å². The van der Waals surface area contributed by atoms with E-state index in [1.807, 2.05) is 47.0 Å². The van der Waals surface area contributed by atoms with E-state index in [2.05, 4.69) is 25.0 Å². The lowest BCUT2D eigenvalue weighted by Crippen LogP contribution is -2.25. The van der Waals surface area contributed by atoms with Gasteiger partial charge in [0.05, 0.1) is 0 Å². The molecule has 0 saturated carbocycles. The predicted octanol–water partition coefficient (Wildman–Crippen LogP) is 3.56. The van der Waals surface area contributed by atoms with E-state index in [-0.39, 0.29) is 8.53 Å². The van der Waals surface area contributed by atoms with Gasteiger partial charge in [0.15, 0.2) is 8.53 Å². The molecule has 1 rings (SSSR count). The normalized spacial score (nSPS) is 24.9. The van der Waals surface area contributed by atoms with E-state index in [1.54, 1.807) is 0 Å². The molecule has 0 N–H and O–H groups in total. The van der Waals surface area contributed by atoms with Crippen LogP contribution in [-0.4, -0.2) is 33.6 Å². The van der Waals surface area contributed by atoms with Gasteiger partial charge in [-0.3, -0.25) is 0 Å². The molecule has 1 aliphatic heterocycles. The van der Waals surface area contributed by atoms with E-state index in [0.717, 1.165) is 12.8 Å². The topological polar surface area (TPSA) is 9.23 Å². The third-order valence-electron chi connectivity index (χ3n) is 2.29. The van der Waals surface area contributed by atoms with Gasteiger partial charge in [0.25, 0.3) is 0 Å². The Labute approximate surface area is 97.9 Å². The van der Waals surface area contributed by atoms with Gasteiger partial charge >= 0.3 is 0 Å². The van der Waals surface area contributed by atoms with Gasteiger partial charge in [0.2, 0.25) is 0 Å². The molecule has 1 fully saturated rings. The Morgan fingerprint density at radius 3 is 1.23 bits per heavy atom. The second kappa shape index (κ2) is 4.92. The molecule has 0 atom stereocenters. The minimum Gasteiger partial charge on any atom is -0.328 e.